The minimum Gasteiger partial charge on any atom is -0.490 e. The van der Waals surface area contributed by atoms with Gasteiger partial charge >= 0.3 is 0 Å². The van der Waals surface area contributed by atoms with E-state index < -0.39 is 6.10 Å². The molecule has 1 aliphatic heterocycles. The third-order valence-electron chi connectivity index (χ3n) is 4.87. The van der Waals surface area contributed by atoms with Crippen molar-refractivity contribution < 1.29 is 14.6 Å². The van der Waals surface area contributed by atoms with E-state index in [2.05, 4.69) is 29.1 Å². The average Bonchev–Trinajstić information content (AvgIpc) is 2.99. The summed E-state index contributed by atoms with van der Waals surface area (Å²) in [5, 5.41) is 14.8. The predicted octanol–water partition coefficient (Wildman–Crippen LogP) is 2.26. The molecule has 0 bridgehead atoms. The van der Waals surface area contributed by atoms with E-state index in [1.807, 2.05) is 37.8 Å². The van der Waals surface area contributed by atoms with Crippen molar-refractivity contribution in [2.45, 2.75) is 46.4 Å². The summed E-state index contributed by atoms with van der Waals surface area (Å²) in [5.41, 5.74) is 4.60. The van der Waals surface area contributed by atoms with Crippen molar-refractivity contribution in [3.8, 4) is 5.75 Å². The van der Waals surface area contributed by atoms with Gasteiger partial charge in [0.15, 0.2) is 0 Å². The maximum Gasteiger partial charge on any atom is 0.125 e. The van der Waals surface area contributed by atoms with Crippen LogP contribution in [0.4, 0.5) is 0 Å². The number of ether oxygens (including phenoxy) is 2. The summed E-state index contributed by atoms with van der Waals surface area (Å²) >= 11 is 0. The van der Waals surface area contributed by atoms with Crippen LogP contribution >= 0.6 is 0 Å². The highest BCUT2D eigenvalue weighted by Gasteiger charge is 2.23. The second kappa shape index (κ2) is 8.87. The van der Waals surface area contributed by atoms with E-state index in [0.717, 1.165) is 42.1 Å². The first kappa shape index (κ1) is 19.9. The molecule has 0 radical (unpaired) electrons. The first-order chi connectivity index (χ1) is 12.9. The van der Waals surface area contributed by atoms with E-state index in [1.54, 1.807) is 0 Å². The molecule has 2 aromatic rings. The minimum absolute atomic E-state index is 0.0905. The number of aliphatic hydroxyl groups excluding tert-OH is 1. The van der Waals surface area contributed by atoms with Crippen molar-refractivity contribution >= 4 is 0 Å². The van der Waals surface area contributed by atoms with E-state index >= 15 is 0 Å². The highest BCUT2D eigenvalue weighted by molar-refractivity contribution is 5.42. The summed E-state index contributed by atoms with van der Waals surface area (Å²) in [7, 11) is 0. The lowest BCUT2D eigenvalue weighted by atomic mass is 10.1. The molecule has 1 aliphatic rings. The fourth-order valence-electron chi connectivity index (χ4n) is 3.76. The van der Waals surface area contributed by atoms with Gasteiger partial charge in [-0.15, -0.1) is 0 Å². The average molecular weight is 373 g/mol. The molecular weight excluding hydrogens is 342 g/mol. The minimum atomic E-state index is -0.532. The third kappa shape index (κ3) is 5.54. The number of nitrogens with zero attached hydrogens (tertiary/aromatic N) is 3. The van der Waals surface area contributed by atoms with E-state index in [1.165, 1.54) is 5.56 Å². The van der Waals surface area contributed by atoms with Gasteiger partial charge in [0.2, 0.25) is 0 Å². The molecule has 1 fully saturated rings. The van der Waals surface area contributed by atoms with Gasteiger partial charge in [0.1, 0.15) is 18.5 Å². The Bertz CT molecular complexity index is 736. The summed E-state index contributed by atoms with van der Waals surface area (Å²) in [6.07, 6.45) is 3.44. The van der Waals surface area contributed by atoms with Crippen LogP contribution in [0.2, 0.25) is 0 Å². The van der Waals surface area contributed by atoms with Gasteiger partial charge in [0.05, 0.1) is 25.5 Å². The summed E-state index contributed by atoms with van der Waals surface area (Å²) < 4.78 is 13.7. The Hall–Kier alpha value is -1.89. The van der Waals surface area contributed by atoms with Crippen LogP contribution in [0.25, 0.3) is 0 Å². The zero-order valence-electron chi connectivity index (χ0n) is 16.8. The zero-order valence-corrected chi connectivity index (χ0v) is 16.8. The predicted molar refractivity (Wildman–Crippen MR) is 105 cm³/mol. The first-order valence-corrected chi connectivity index (χ1v) is 9.62. The molecule has 1 aromatic heterocycles. The fourth-order valence-corrected chi connectivity index (χ4v) is 3.76. The number of aromatic nitrogens is 2. The molecule has 1 aromatic carbocycles. The molecule has 0 saturated carbocycles. The van der Waals surface area contributed by atoms with Crippen LogP contribution in [0.3, 0.4) is 0 Å². The summed E-state index contributed by atoms with van der Waals surface area (Å²) in [6.45, 7) is 12.1. The Kier molecular flexibility index (Phi) is 6.52. The normalized spacial score (nSPS) is 19.2. The van der Waals surface area contributed by atoms with E-state index in [0.29, 0.717) is 19.8 Å². The molecule has 1 N–H and O–H groups in total. The van der Waals surface area contributed by atoms with E-state index in [9.17, 15) is 5.11 Å². The van der Waals surface area contributed by atoms with Gasteiger partial charge < -0.3 is 14.6 Å². The Morgan fingerprint density at radius 2 is 1.96 bits per heavy atom. The van der Waals surface area contributed by atoms with Gasteiger partial charge in [-0.3, -0.25) is 9.58 Å². The lowest BCUT2D eigenvalue weighted by Gasteiger charge is -2.34. The number of aryl methyl sites for hydroxylation is 4. The summed E-state index contributed by atoms with van der Waals surface area (Å²) in [4.78, 5) is 2.24. The Labute approximate surface area is 161 Å². The van der Waals surface area contributed by atoms with Crippen molar-refractivity contribution in [2.24, 2.45) is 0 Å². The van der Waals surface area contributed by atoms with Crippen molar-refractivity contribution in [3.05, 3.63) is 46.8 Å². The van der Waals surface area contributed by atoms with Crippen molar-refractivity contribution in [1.82, 2.24) is 14.7 Å². The molecule has 6 heteroatoms. The molecule has 2 heterocycles. The van der Waals surface area contributed by atoms with Crippen LogP contribution in [0.15, 0.2) is 24.5 Å². The van der Waals surface area contributed by atoms with Crippen molar-refractivity contribution in [1.29, 1.82) is 0 Å². The zero-order chi connectivity index (χ0) is 19.4. The van der Waals surface area contributed by atoms with E-state index in [4.69, 9.17) is 9.47 Å². The third-order valence-corrected chi connectivity index (χ3v) is 4.87. The Balaban J connectivity index is 1.48. The van der Waals surface area contributed by atoms with Gasteiger partial charge in [-0.25, -0.2) is 0 Å². The lowest BCUT2D eigenvalue weighted by molar-refractivity contribution is -0.0517. The molecule has 0 amide bonds. The molecule has 2 atom stereocenters. The fraction of sp³-hybridized carbons (Fsp3) is 0.571. The number of morpholine rings is 1. The molecular formula is C21H31N3O3. The van der Waals surface area contributed by atoms with E-state index in [-0.39, 0.29) is 6.10 Å². The second-order valence-electron chi connectivity index (χ2n) is 7.68. The number of benzene rings is 1. The quantitative estimate of drug-likeness (QED) is 0.807. The van der Waals surface area contributed by atoms with Crippen molar-refractivity contribution in [2.75, 3.05) is 32.8 Å². The molecule has 6 nitrogen and oxygen atoms in total. The topological polar surface area (TPSA) is 59.8 Å². The van der Waals surface area contributed by atoms with Crippen molar-refractivity contribution in [3.63, 3.8) is 0 Å². The molecule has 2 unspecified atom stereocenters. The summed E-state index contributed by atoms with van der Waals surface area (Å²) in [6, 6.07) is 4.22. The molecule has 27 heavy (non-hydrogen) atoms. The highest BCUT2D eigenvalue weighted by Crippen LogP contribution is 2.24. The Morgan fingerprint density at radius 3 is 2.63 bits per heavy atom. The van der Waals surface area contributed by atoms with Crippen LogP contribution in [0.1, 0.15) is 22.3 Å². The van der Waals surface area contributed by atoms with Crippen LogP contribution in [-0.2, 0) is 11.3 Å². The smallest absolute Gasteiger partial charge is 0.125 e. The number of hydrogen-bond donors (Lipinski definition) is 1. The SMILES string of the molecule is Cc1cc(C)c(OCC(O)CN2CCOC(Cn3cc(C)cn3)C2)c(C)c1. The van der Waals surface area contributed by atoms with Gasteiger partial charge in [-0.1, -0.05) is 17.7 Å². The van der Waals surface area contributed by atoms with Crippen LogP contribution < -0.4 is 4.74 Å². The van der Waals surface area contributed by atoms with Gasteiger partial charge in [0, 0.05) is 25.8 Å². The number of aliphatic hydroxyl groups is 1. The largest absolute Gasteiger partial charge is 0.490 e. The van der Waals surface area contributed by atoms with Crippen LogP contribution in [0, 0.1) is 27.7 Å². The van der Waals surface area contributed by atoms with Crippen LogP contribution in [-0.4, -0.2) is 64.8 Å². The number of rotatable bonds is 7. The molecule has 3 rings (SSSR count). The first-order valence-electron chi connectivity index (χ1n) is 9.62. The molecule has 1 saturated heterocycles. The monoisotopic (exact) mass is 373 g/mol. The number of β-amino-alcohol motifs (C(OH)–C–C–N with tert-alkyl or cyclic N) is 1. The van der Waals surface area contributed by atoms with Gasteiger partial charge in [0.25, 0.3) is 0 Å². The molecule has 0 spiro atoms. The summed E-state index contributed by atoms with van der Waals surface area (Å²) in [5.74, 6) is 0.883. The van der Waals surface area contributed by atoms with Crippen LogP contribution in [0.5, 0.6) is 5.75 Å². The second-order valence-corrected chi connectivity index (χ2v) is 7.68. The Morgan fingerprint density at radius 1 is 1.22 bits per heavy atom. The van der Waals surface area contributed by atoms with Gasteiger partial charge in [-0.2, -0.15) is 5.10 Å². The lowest BCUT2D eigenvalue weighted by Crippen LogP contribution is -2.47. The highest BCUT2D eigenvalue weighted by atomic mass is 16.5. The maximum absolute atomic E-state index is 10.5. The molecule has 148 valence electrons. The standard InChI is InChI=1S/C21H31N3O3/c1-15-7-17(3)21(18(4)8-15)27-14-19(25)11-23-5-6-26-20(12-23)13-24-10-16(2)9-22-24/h7-10,19-20,25H,5-6,11-14H2,1-4H3. The van der Waals surface area contributed by atoms with Gasteiger partial charge in [-0.05, 0) is 44.4 Å². The maximum atomic E-state index is 10.5. The molecule has 0 aliphatic carbocycles. The number of hydrogen-bond acceptors (Lipinski definition) is 5.